The van der Waals surface area contributed by atoms with Crippen LogP contribution in [0.1, 0.15) is 23.6 Å². The Labute approximate surface area is 159 Å². The maximum absolute atomic E-state index is 2.26. The van der Waals surface area contributed by atoms with Crippen molar-refractivity contribution in [2.75, 3.05) is 0 Å². The minimum Gasteiger partial charge on any atom is -1.00 e. The van der Waals surface area contributed by atoms with E-state index in [0.717, 1.165) is 6.42 Å². The van der Waals surface area contributed by atoms with Gasteiger partial charge in [-0.1, -0.05) is 26.8 Å². The molecular formula is C18H20Cl2Zr. The molecule has 0 atom stereocenters. The summed E-state index contributed by atoms with van der Waals surface area (Å²) in [4.78, 5) is 0. The van der Waals surface area contributed by atoms with Crippen LogP contribution in [0.4, 0.5) is 0 Å². The van der Waals surface area contributed by atoms with Gasteiger partial charge in [-0.05, 0) is 6.42 Å². The minimum atomic E-state index is 0. The van der Waals surface area contributed by atoms with Crippen LogP contribution in [0.25, 0.3) is 10.8 Å². The Morgan fingerprint density at radius 2 is 1.76 bits per heavy atom. The summed E-state index contributed by atoms with van der Waals surface area (Å²) in [5.74, 6) is 0. The first-order valence-corrected chi connectivity index (χ1v) is 6.53. The first-order chi connectivity index (χ1) is 8.69. The molecule has 0 radical (unpaired) electrons. The maximum Gasteiger partial charge on any atom is 4.00 e. The van der Waals surface area contributed by atoms with E-state index in [0.29, 0.717) is 0 Å². The van der Waals surface area contributed by atoms with Gasteiger partial charge >= 0.3 is 26.2 Å². The van der Waals surface area contributed by atoms with Crippen molar-refractivity contribution in [1.82, 2.24) is 0 Å². The fraction of sp³-hybridized carbons (Fsp3) is 0.222. The molecule has 0 nitrogen and oxygen atoms in total. The molecule has 0 unspecified atom stereocenters. The zero-order valence-corrected chi connectivity index (χ0v) is 16.6. The van der Waals surface area contributed by atoms with E-state index in [2.05, 4.69) is 75.4 Å². The molecule has 3 heteroatoms. The van der Waals surface area contributed by atoms with Crippen LogP contribution in [0.2, 0.25) is 0 Å². The van der Waals surface area contributed by atoms with Gasteiger partial charge in [-0.25, -0.2) is 11.6 Å². The van der Waals surface area contributed by atoms with Crippen LogP contribution < -0.4 is 24.8 Å². The molecule has 3 aromatic rings. The van der Waals surface area contributed by atoms with Gasteiger partial charge in [-0.15, -0.1) is 40.6 Å². The number of halogens is 2. The first-order valence-electron chi connectivity index (χ1n) is 6.53. The normalized spacial score (nSPS) is 8.71. The van der Waals surface area contributed by atoms with Gasteiger partial charge in [0, 0.05) is 0 Å². The quantitative estimate of drug-likeness (QED) is 0.469. The van der Waals surface area contributed by atoms with E-state index in [1.54, 1.807) is 0 Å². The first kappa shape index (κ1) is 22.9. The van der Waals surface area contributed by atoms with Crippen molar-refractivity contribution in [2.24, 2.45) is 0 Å². The third-order valence-electron chi connectivity index (χ3n) is 3.15. The third-order valence-corrected chi connectivity index (χ3v) is 3.15. The molecule has 0 amide bonds. The predicted molar refractivity (Wildman–Crippen MR) is 80.4 cm³/mol. The Kier molecular flexibility index (Phi) is 12.3. The van der Waals surface area contributed by atoms with Crippen LogP contribution in [0.3, 0.4) is 0 Å². The van der Waals surface area contributed by atoms with Crippen molar-refractivity contribution in [1.29, 1.82) is 0 Å². The van der Waals surface area contributed by atoms with Crippen LogP contribution in [-0.4, -0.2) is 0 Å². The minimum absolute atomic E-state index is 0. The Bertz CT molecular complexity index is 573. The van der Waals surface area contributed by atoms with E-state index in [4.69, 9.17) is 0 Å². The smallest absolute Gasteiger partial charge is 1.00 e. The van der Waals surface area contributed by atoms with Gasteiger partial charge in [0.25, 0.3) is 0 Å². The largest absolute Gasteiger partial charge is 4.00 e. The predicted octanol–water partition coefficient (Wildman–Crippen LogP) is -0.851. The Hall–Kier alpha value is -0.357. The molecule has 21 heavy (non-hydrogen) atoms. The average Bonchev–Trinajstić information content (AvgIpc) is 2.95. The van der Waals surface area contributed by atoms with Gasteiger partial charge in [-0.3, -0.25) is 0 Å². The fourth-order valence-electron chi connectivity index (χ4n) is 2.14. The van der Waals surface area contributed by atoms with Crippen LogP contribution >= 0.6 is 0 Å². The van der Waals surface area contributed by atoms with Crippen molar-refractivity contribution in [3.8, 4) is 0 Å². The summed E-state index contributed by atoms with van der Waals surface area (Å²) in [6, 6.07) is 19.4. The van der Waals surface area contributed by atoms with E-state index in [1.165, 1.54) is 27.5 Å². The molecule has 0 aromatic heterocycles. The summed E-state index contributed by atoms with van der Waals surface area (Å²) in [5, 5.41) is 2.73. The van der Waals surface area contributed by atoms with Crippen molar-refractivity contribution in [3.05, 3.63) is 71.3 Å². The molecule has 0 heterocycles. The van der Waals surface area contributed by atoms with Crippen LogP contribution in [-0.2, 0) is 32.6 Å². The molecular weight excluding hydrogens is 378 g/mol. The topological polar surface area (TPSA) is 0 Å². The molecule has 110 valence electrons. The molecule has 3 rings (SSSR count). The molecule has 0 saturated heterocycles. The summed E-state index contributed by atoms with van der Waals surface area (Å²) in [5.41, 5.74) is 4.15. The van der Waals surface area contributed by atoms with Crippen molar-refractivity contribution in [2.45, 2.75) is 27.2 Å². The van der Waals surface area contributed by atoms with Gasteiger partial charge < -0.3 is 24.8 Å². The Morgan fingerprint density at radius 3 is 2.19 bits per heavy atom. The summed E-state index contributed by atoms with van der Waals surface area (Å²) in [6.45, 7) is 6.40. The molecule has 0 spiro atoms. The van der Waals surface area contributed by atoms with Gasteiger partial charge in [0.1, 0.15) is 0 Å². The molecule has 0 saturated carbocycles. The van der Waals surface area contributed by atoms with Crippen molar-refractivity contribution >= 4 is 10.8 Å². The number of fused-ring (bicyclic) bond motifs is 1. The molecule has 0 bridgehead atoms. The Balaban J connectivity index is 0. The van der Waals surface area contributed by atoms with Crippen LogP contribution in [0.15, 0.2) is 54.6 Å². The van der Waals surface area contributed by atoms with E-state index in [-0.39, 0.29) is 51.0 Å². The van der Waals surface area contributed by atoms with E-state index < -0.39 is 0 Å². The van der Waals surface area contributed by atoms with Crippen LogP contribution in [0.5, 0.6) is 0 Å². The molecule has 0 N–H and O–H groups in total. The number of hydrogen-bond donors (Lipinski definition) is 0. The SMILES string of the molecule is CCc1cc2ccccc2[cH-]1.Cc1cc[c-](C)c1.[Cl-].[Cl-].[Zr+4]. The van der Waals surface area contributed by atoms with E-state index >= 15 is 0 Å². The second-order valence-electron chi connectivity index (χ2n) is 4.81. The summed E-state index contributed by atoms with van der Waals surface area (Å²) in [7, 11) is 0. The molecule has 3 aromatic carbocycles. The Morgan fingerprint density at radius 1 is 1.10 bits per heavy atom. The molecule has 0 aliphatic rings. The number of benzene rings is 1. The van der Waals surface area contributed by atoms with E-state index in [9.17, 15) is 0 Å². The number of rotatable bonds is 1. The standard InChI is InChI=1S/C11H11.C7H9.2ClH.Zr/c1-2-9-7-10-5-3-4-6-11(10)8-9;1-6-3-4-7(2)5-6;;;/h3-8H,2H2,1H3;3-5H,1-2H3;2*1H;/q2*-1;;;+4/p-2. The number of aryl methyl sites for hydroxylation is 3. The molecule has 0 aliphatic heterocycles. The van der Waals surface area contributed by atoms with Gasteiger partial charge in [0.2, 0.25) is 0 Å². The van der Waals surface area contributed by atoms with Gasteiger partial charge in [0.15, 0.2) is 0 Å². The number of hydrogen-bond acceptors (Lipinski definition) is 0. The van der Waals surface area contributed by atoms with E-state index in [1.807, 2.05) is 0 Å². The zero-order valence-electron chi connectivity index (χ0n) is 12.7. The van der Waals surface area contributed by atoms with Crippen molar-refractivity contribution < 1.29 is 51.0 Å². The second-order valence-corrected chi connectivity index (χ2v) is 4.81. The zero-order chi connectivity index (χ0) is 13.0. The van der Waals surface area contributed by atoms with Gasteiger partial charge in [-0.2, -0.15) is 23.8 Å². The molecule has 0 aliphatic carbocycles. The maximum atomic E-state index is 2.26. The van der Waals surface area contributed by atoms with Gasteiger partial charge in [0.05, 0.1) is 0 Å². The monoisotopic (exact) mass is 396 g/mol. The average molecular weight is 398 g/mol. The summed E-state index contributed by atoms with van der Waals surface area (Å²) < 4.78 is 0. The fourth-order valence-corrected chi connectivity index (χ4v) is 2.14. The summed E-state index contributed by atoms with van der Waals surface area (Å²) >= 11 is 0. The van der Waals surface area contributed by atoms with Crippen molar-refractivity contribution in [3.63, 3.8) is 0 Å². The third kappa shape index (κ3) is 6.96. The summed E-state index contributed by atoms with van der Waals surface area (Å²) in [6.07, 6.45) is 1.13. The van der Waals surface area contributed by atoms with Crippen LogP contribution in [0, 0.1) is 13.8 Å². The second kappa shape index (κ2) is 11.2. The molecule has 0 fully saturated rings.